The van der Waals surface area contributed by atoms with E-state index in [0.29, 0.717) is 35.4 Å². The van der Waals surface area contributed by atoms with E-state index in [9.17, 15) is 0 Å². The molecule has 0 bridgehead atoms. The third kappa shape index (κ3) is 6.28. The number of hydrogen-bond acceptors (Lipinski definition) is 2. The van der Waals surface area contributed by atoms with Gasteiger partial charge in [0.2, 0.25) is 0 Å². The van der Waals surface area contributed by atoms with Crippen LogP contribution in [0.15, 0.2) is 24.6 Å². The van der Waals surface area contributed by atoms with Crippen molar-refractivity contribution in [3.63, 3.8) is 0 Å². The van der Waals surface area contributed by atoms with Gasteiger partial charge in [-0.15, -0.1) is 13.1 Å². The van der Waals surface area contributed by atoms with Gasteiger partial charge in [-0.25, -0.2) is 0 Å². The molecule has 4 nitrogen and oxygen atoms in total. The van der Waals surface area contributed by atoms with E-state index in [1.807, 2.05) is 12.4 Å². The molecule has 2 saturated heterocycles. The van der Waals surface area contributed by atoms with Crippen molar-refractivity contribution in [2.75, 3.05) is 13.1 Å². The van der Waals surface area contributed by atoms with E-state index in [-0.39, 0.29) is 0 Å². The molecule has 4 heterocycles. The first kappa shape index (κ1) is 18.5. The average Bonchev–Trinajstić information content (AvgIpc) is 3.17. The molecule has 4 aliphatic heterocycles. The van der Waals surface area contributed by atoms with Crippen LogP contribution in [-0.2, 0) is 11.2 Å². The normalized spacial score (nSPS) is 35.3. The minimum atomic E-state index is 0.429. The van der Waals surface area contributed by atoms with Crippen LogP contribution in [0, 0.1) is 11.8 Å². The van der Waals surface area contributed by atoms with Crippen LogP contribution in [0.25, 0.3) is 10.6 Å². The summed E-state index contributed by atoms with van der Waals surface area (Å²) in [5, 5.41) is 15.3. The number of nitrogens with one attached hydrogen (secondary N) is 2. The fourth-order valence-electron chi connectivity index (χ4n) is 3.01. The molecule has 4 unspecified atom stereocenters. The second kappa shape index (κ2) is 10.8. The summed E-state index contributed by atoms with van der Waals surface area (Å²) in [4.78, 5) is 0. The van der Waals surface area contributed by atoms with Gasteiger partial charge in [-0.3, -0.25) is 0 Å². The van der Waals surface area contributed by atoms with Crippen LogP contribution in [0.4, 0.5) is 0 Å². The molecule has 0 spiro atoms. The second-order valence-electron chi connectivity index (χ2n) is 5.41. The Morgan fingerprint density at radius 2 is 1.29 bits per heavy atom. The fraction of sp³-hybridized carbons (Fsp3) is 0.714. The van der Waals surface area contributed by atoms with E-state index in [2.05, 4.69) is 72.1 Å². The Morgan fingerprint density at radius 1 is 0.857 bits per heavy atom. The van der Waals surface area contributed by atoms with Crippen molar-refractivity contribution in [1.82, 2.24) is 10.6 Å². The van der Waals surface area contributed by atoms with Crippen molar-refractivity contribution in [2.45, 2.75) is 38.0 Å². The molecule has 0 radical (unpaired) electrons. The molecule has 0 saturated carbocycles. The van der Waals surface area contributed by atoms with Gasteiger partial charge in [-0.2, -0.15) is 0 Å². The summed E-state index contributed by atoms with van der Waals surface area (Å²) in [5.74, 6) is 1.41. The van der Waals surface area contributed by atoms with E-state index in [4.69, 9.17) is 0 Å². The first-order chi connectivity index (χ1) is 10.3. The zero-order chi connectivity index (χ0) is 14.9. The first-order valence-electron chi connectivity index (χ1n) is 7.36. The van der Waals surface area contributed by atoms with Gasteiger partial charge < -0.3 is 21.3 Å². The van der Waals surface area contributed by atoms with Crippen molar-refractivity contribution in [3.05, 3.63) is 35.2 Å². The summed E-state index contributed by atoms with van der Waals surface area (Å²) in [6.45, 7) is 2.10. The number of nitrogens with zero attached hydrogens (tertiary/aromatic N) is 2. The number of halogens is 2. The van der Waals surface area contributed by atoms with Gasteiger partial charge in [-0.05, 0) is 37.1 Å². The average molecular weight is 695 g/mol. The van der Waals surface area contributed by atoms with Crippen LogP contribution in [0.1, 0.15) is 25.7 Å². The first-order valence-corrected chi connectivity index (χ1v) is 20.2. The van der Waals surface area contributed by atoms with E-state index >= 15 is 0 Å². The molecule has 0 aromatic carbocycles. The molecule has 2 N–H and O–H groups in total. The molecule has 2 fully saturated rings. The maximum atomic E-state index is 4.42. The van der Waals surface area contributed by atoms with Gasteiger partial charge in [-0.1, -0.05) is 37.3 Å². The van der Waals surface area contributed by atoms with Crippen LogP contribution >= 0.6 is 38.7 Å². The zero-order valence-corrected chi connectivity index (χ0v) is 18.4. The molecule has 0 aromatic heterocycles. The molecule has 0 aliphatic carbocycles. The predicted molar refractivity (Wildman–Crippen MR) is 102 cm³/mol. The molecule has 7 heteroatoms. The van der Waals surface area contributed by atoms with Gasteiger partial charge in [0, 0.05) is 0 Å². The van der Waals surface area contributed by atoms with Gasteiger partial charge in [0.25, 0.3) is 0 Å². The van der Waals surface area contributed by atoms with E-state index in [1.54, 1.807) is 0 Å². The van der Waals surface area contributed by atoms with Gasteiger partial charge in [0.1, 0.15) is 0 Å². The van der Waals surface area contributed by atoms with Crippen molar-refractivity contribution in [3.8, 4) is 0 Å². The fourth-order valence-corrected chi connectivity index (χ4v) is 3.01. The summed E-state index contributed by atoms with van der Waals surface area (Å²) in [6.07, 6.45) is 14.6. The van der Waals surface area contributed by atoms with Crippen molar-refractivity contribution < 1.29 is 11.2 Å². The zero-order valence-electron chi connectivity index (χ0n) is 11.8. The number of fused-ring (bicyclic) bond motifs is 2. The third-order valence-corrected chi connectivity index (χ3v) is 4.07. The Labute approximate surface area is 157 Å². The Bertz CT molecular complexity index is 322. The van der Waals surface area contributed by atoms with Crippen LogP contribution < -0.4 is 10.6 Å². The standard InChI is InChI=1S/2C7H11N2.2HI.Pt/c2*1-2-6-3-5-9-7(6)8-4-1;;;/h2*3,5-7,9H,1-2,4H2;2*1H;/q2*-1;;;+4/p-2. The van der Waals surface area contributed by atoms with E-state index in [1.165, 1.54) is 25.7 Å². The summed E-state index contributed by atoms with van der Waals surface area (Å²) in [6, 6.07) is 0. The minimum absolute atomic E-state index is 0.429. The molecular weight excluding hydrogens is 673 g/mol. The number of hydrogen-bond donors (Lipinski definition) is 2. The SMILES string of the molecule is C1=CC2CCC[N-]C2N1.C1=CC2CCC[N-]C2N1.[I][Pt+2][I]. The maximum absolute atomic E-state index is 4.42. The molecule has 4 rings (SSSR count). The van der Waals surface area contributed by atoms with Gasteiger partial charge >= 0.3 is 49.9 Å². The molecule has 21 heavy (non-hydrogen) atoms. The Hall–Kier alpha value is 1.15. The Morgan fingerprint density at radius 3 is 1.67 bits per heavy atom. The predicted octanol–water partition coefficient (Wildman–Crippen LogP) is 4.20. The van der Waals surface area contributed by atoms with Gasteiger partial charge in [0.05, 0.1) is 0 Å². The third-order valence-electron chi connectivity index (χ3n) is 4.07. The monoisotopic (exact) mass is 695 g/mol. The molecule has 0 aromatic rings. The van der Waals surface area contributed by atoms with Gasteiger partial charge in [0.15, 0.2) is 0 Å². The Kier molecular flexibility index (Phi) is 9.54. The van der Waals surface area contributed by atoms with Crippen molar-refractivity contribution in [1.29, 1.82) is 0 Å². The molecule has 4 atom stereocenters. The second-order valence-corrected chi connectivity index (χ2v) is 22.0. The molecular formula is C14H22I2N4Pt. The van der Waals surface area contributed by atoms with Crippen LogP contribution in [-0.4, -0.2) is 25.4 Å². The number of rotatable bonds is 0. The molecule has 4 aliphatic rings. The molecule has 122 valence electrons. The van der Waals surface area contributed by atoms with Crippen molar-refractivity contribution in [2.24, 2.45) is 11.8 Å². The summed E-state index contributed by atoms with van der Waals surface area (Å²) >= 11 is 5.30. The summed E-state index contributed by atoms with van der Waals surface area (Å²) in [7, 11) is 0. The van der Waals surface area contributed by atoms with Crippen LogP contribution in [0.5, 0.6) is 0 Å². The number of piperidine rings is 2. The van der Waals surface area contributed by atoms with E-state index < -0.39 is 0 Å². The summed E-state index contributed by atoms with van der Waals surface area (Å²) < 4.78 is 0. The quantitative estimate of drug-likeness (QED) is 0.374. The van der Waals surface area contributed by atoms with Crippen molar-refractivity contribution >= 4 is 38.7 Å². The topological polar surface area (TPSA) is 52.3 Å². The van der Waals surface area contributed by atoms with Crippen LogP contribution in [0.2, 0.25) is 0 Å². The Balaban J connectivity index is 0.000000130. The summed E-state index contributed by atoms with van der Waals surface area (Å²) in [5.41, 5.74) is 0. The molecule has 0 amide bonds. The van der Waals surface area contributed by atoms with E-state index in [0.717, 1.165) is 13.1 Å². The van der Waals surface area contributed by atoms with Crippen LogP contribution in [0.3, 0.4) is 0 Å².